The second-order valence-electron chi connectivity index (χ2n) is 2.50. The molecule has 0 aliphatic heterocycles. The average molecular weight is 176 g/mol. The van der Waals surface area contributed by atoms with E-state index in [1.54, 1.807) is 0 Å². The Kier molecular flexibility index (Phi) is 2.22. The van der Waals surface area contributed by atoms with Crippen LogP contribution in [0.15, 0.2) is 41.1 Å². The van der Waals surface area contributed by atoms with Crippen LogP contribution in [0.2, 0.25) is 0 Å². The molecule has 13 heavy (non-hydrogen) atoms. The van der Waals surface area contributed by atoms with E-state index in [4.69, 9.17) is 4.74 Å². The largest absolute Gasteiger partial charge is 0.487 e. The molecule has 0 spiro atoms. The number of rotatable bonds is 3. The maximum atomic E-state index is 5.39. The molecule has 2 aromatic rings. The second-order valence-corrected chi connectivity index (χ2v) is 2.50. The minimum absolute atomic E-state index is 0.382. The molecule has 0 bridgehead atoms. The van der Waals surface area contributed by atoms with Crippen LogP contribution >= 0.6 is 0 Å². The molecule has 0 N–H and O–H groups in total. The van der Waals surface area contributed by atoms with Crippen molar-refractivity contribution in [3.63, 3.8) is 0 Å². The topological polar surface area (TPSA) is 48.2 Å². The third-order valence-corrected chi connectivity index (χ3v) is 1.54. The van der Waals surface area contributed by atoms with Crippen molar-refractivity contribution >= 4 is 0 Å². The van der Waals surface area contributed by atoms with Crippen molar-refractivity contribution in [2.45, 2.75) is 6.61 Å². The van der Waals surface area contributed by atoms with Gasteiger partial charge in [-0.1, -0.05) is 18.2 Å². The Labute approximate surface area is 75.1 Å². The zero-order chi connectivity index (χ0) is 8.93. The van der Waals surface area contributed by atoms with E-state index in [0.717, 1.165) is 5.75 Å². The monoisotopic (exact) mass is 176 g/mol. The Morgan fingerprint density at radius 3 is 2.77 bits per heavy atom. The van der Waals surface area contributed by atoms with Crippen molar-refractivity contribution in [1.82, 2.24) is 10.4 Å². The van der Waals surface area contributed by atoms with E-state index in [0.29, 0.717) is 12.3 Å². The summed E-state index contributed by atoms with van der Waals surface area (Å²) >= 11 is 0. The van der Waals surface area contributed by atoms with E-state index >= 15 is 0 Å². The van der Waals surface area contributed by atoms with E-state index in [1.807, 2.05) is 30.3 Å². The van der Waals surface area contributed by atoms with Gasteiger partial charge < -0.3 is 9.26 Å². The lowest BCUT2D eigenvalue weighted by Crippen LogP contribution is -1.95. The highest BCUT2D eigenvalue weighted by Crippen LogP contribution is 2.09. The molecule has 0 radical (unpaired) electrons. The quantitative estimate of drug-likeness (QED) is 0.713. The number of hydrogen-bond acceptors (Lipinski definition) is 4. The van der Waals surface area contributed by atoms with Crippen LogP contribution in [0, 0.1) is 0 Å². The minimum atomic E-state index is 0.382. The van der Waals surface area contributed by atoms with Gasteiger partial charge in [0.05, 0.1) is 0 Å². The Bertz CT molecular complexity index is 345. The first-order valence-electron chi connectivity index (χ1n) is 3.89. The molecule has 1 aromatic heterocycles. The molecule has 0 atom stereocenters. The van der Waals surface area contributed by atoms with Gasteiger partial charge in [0, 0.05) is 5.27 Å². The Hall–Kier alpha value is -1.84. The lowest BCUT2D eigenvalue weighted by molar-refractivity contribution is 0.301. The zero-order valence-electron chi connectivity index (χ0n) is 6.88. The van der Waals surface area contributed by atoms with Crippen molar-refractivity contribution in [1.29, 1.82) is 0 Å². The van der Waals surface area contributed by atoms with Gasteiger partial charge >= 0.3 is 0 Å². The first kappa shape index (κ1) is 7.79. The van der Waals surface area contributed by atoms with Gasteiger partial charge in [-0.3, -0.25) is 0 Å². The fourth-order valence-electron chi connectivity index (χ4n) is 0.921. The first-order chi connectivity index (χ1) is 6.45. The fraction of sp³-hybridized carbons (Fsp3) is 0.111. The normalized spacial score (nSPS) is 9.85. The van der Waals surface area contributed by atoms with Gasteiger partial charge in [0.2, 0.25) is 0 Å². The van der Waals surface area contributed by atoms with Crippen molar-refractivity contribution in [3.8, 4) is 5.75 Å². The molecule has 0 fully saturated rings. The van der Waals surface area contributed by atoms with Crippen LogP contribution in [0.5, 0.6) is 5.75 Å². The summed E-state index contributed by atoms with van der Waals surface area (Å²) in [5, 5.41) is 7.02. The van der Waals surface area contributed by atoms with Crippen LogP contribution < -0.4 is 4.74 Å². The lowest BCUT2D eigenvalue weighted by atomic mass is 10.3. The molecule has 0 aliphatic carbocycles. The van der Waals surface area contributed by atoms with Crippen molar-refractivity contribution in [3.05, 3.63) is 42.3 Å². The van der Waals surface area contributed by atoms with Gasteiger partial charge in [-0.2, -0.15) is 0 Å². The lowest BCUT2D eigenvalue weighted by Gasteiger charge is -2.01. The summed E-state index contributed by atoms with van der Waals surface area (Å²) in [4.78, 5) is 0. The van der Waals surface area contributed by atoms with Gasteiger partial charge in [-0.25, -0.2) is 0 Å². The maximum absolute atomic E-state index is 5.39. The molecule has 0 aliphatic rings. The summed E-state index contributed by atoms with van der Waals surface area (Å²) in [5.41, 5.74) is 0.684. The number of ether oxygens (including phenoxy) is 1. The summed E-state index contributed by atoms with van der Waals surface area (Å²) in [6, 6.07) is 9.53. The molecular weight excluding hydrogens is 168 g/mol. The second kappa shape index (κ2) is 3.71. The molecule has 1 heterocycles. The molecule has 2 rings (SSSR count). The highest BCUT2D eigenvalue weighted by Gasteiger charge is 1.97. The van der Waals surface area contributed by atoms with Gasteiger partial charge in [-0.05, 0) is 12.1 Å². The first-order valence-corrected chi connectivity index (χ1v) is 3.89. The molecule has 4 nitrogen and oxygen atoms in total. The third-order valence-electron chi connectivity index (χ3n) is 1.54. The Balaban J connectivity index is 1.94. The molecule has 0 saturated heterocycles. The van der Waals surface area contributed by atoms with Gasteiger partial charge in [0.1, 0.15) is 18.1 Å². The predicted molar refractivity (Wildman–Crippen MR) is 45.1 cm³/mol. The van der Waals surface area contributed by atoms with E-state index < -0.39 is 0 Å². The number of nitrogens with zero attached hydrogens (tertiary/aromatic N) is 2. The van der Waals surface area contributed by atoms with Crippen LogP contribution in [0.1, 0.15) is 5.69 Å². The van der Waals surface area contributed by atoms with Gasteiger partial charge in [-0.15, -0.1) is 5.10 Å². The van der Waals surface area contributed by atoms with Crippen LogP contribution in [-0.4, -0.2) is 10.4 Å². The molecule has 0 unspecified atom stereocenters. The Morgan fingerprint density at radius 2 is 2.08 bits per heavy atom. The third kappa shape index (κ3) is 2.05. The van der Waals surface area contributed by atoms with Crippen LogP contribution in [0.25, 0.3) is 0 Å². The van der Waals surface area contributed by atoms with Crippen molar-refractivity contribution < 1.29 is 9.26 Å². The average Bonchev–Trinajstić information content (AvgIpc) is 2.69. The van der Waals surface area contributed by atoms with Crippen molar-refractivity contribution in [2.75, 3.05) is 0 Å². The molecule has 66 valence electrons. The molecule has 0 amide bonds. The number of hydrogen-bond donors (Lipinski definition) is 0. The SMILES string of the molecule is c1ccc(OCc2conn2)cc1. The van der Waals surface area contributed by atoms with E-state index in [1.165, 1.54) is 6.26 Å². The summed E-state index contributed by atoms with van der Waals surface area (Å²) in [7, 11) is 0. The smallest absolute Gasteiger partial charge is 0.151 e. The summed E-state index contributed by atoms with van der Waals surface area (Å²) in [5.74, 6) is 0.811. The maximum Gasteiger partial charge on any atom is 0.151 e. The fourth-order valence-corrected chi connectivity index (χ4v) is 0.921. The van der Waals surface area contributed by atoms with Crippen molar-refractivity contribution in [2.24, 2.45) is 0 Å². The highest BCUT2D eigenvalue weighted by atomic mass is 16.5. The highest BCUT2D eigenvalue weighted by molar-refractivity contribution is 5.21. The number of benzene rings is 1. The molecule has 4 heteroatoms. The molecule has 1 aromatic carbocycles. The van der Waals surface area contributed by atoms with Crippen LogP contribution in [-0.2, 0) is 6.61 Å². The van der Waals surface area contributed by atoms with Gasteiger partial charge in [0.15, 0.2) is 6.26 Å². The summed E-state index contributed by atoms with van der Waals surface area (Å²) in [6.45, 7) is 0.382. The van der Waals surface area contributed by atoms with E-state index in [9.17, 15) is 0 Å². The van der Waals surface area contributed by atoms with E-state index in [2.05, 4.69) is 14.9 Å². The molecule has 0 saturated carbocycles. The molecular formula is C9H8N2O2. The van der Waals surface area contributed by atoms with Crippen LogP contribution in [0.4, 0.5) is 0 Å². The summed E-state index contributed by atoms with van der Waals surface area (Å²) < 4.78 is 9.95. The number of para-hydroxylation sites is 1. The zero-order valence-corrected chi connectivity index (χ0v) is 6.88. The summed E-state index contributed by atoms with van der Waals surface area (Å²) in [6.07, 6.45) is 1.46. The Morgan fingerprint density at radius 1 is 1.23 bits per heavy atom. The van der Waals surface area contributed by atoms with Gasteiger partial charge in [0.25, 0.3) is 0 Å². The predicted octanol–water partition coefficient (Wildman–Crippen LogP) is 1.65. The van der Waals surface area contributed by atoms with E-state index in [-0.39, 0.29) is 0 Å². The number of aromatic nitrogens is 2. The standard InChI is InChI=1S/C9H8N2O2/c1-2-4-9(5-3-1)12-6-8-7-13-11-10-8/h1-5,7H,6H2. The minimum Gasteiger partial charge on any atom is -0.487 e. The van der Waals surface area contributed by atoms with Crippen LogP contribution in [0.3, 0.4) is 0 Å².